The first kappa shape index (κ1) is 52.5. The van der Waals surface area contributed by atoms with Gasteiger partial charge in [0, 0.05) is 30.7 Å². The molecule has 57 heavy (non-hydrogen) atoms. The molecule has 1 aromatic rings. The Morgan fingerprint density at radius 1 is 0.544 bits per heavy atom. The van der Waals surface area contributed by atoms with Gasteiger partial charge in [-0.05, 0) is 108 Å². The van der Waals surface area contributed by atoms with Crippen LogP contribution in [0.3, 0.4) is 0 Å². The lowest BCUT2D eigenvalue weighted by Crippen LogP contribution is -2.22. The van der Waals surface area contributed by atoms with E-state index >= 15 is 0 Å². The van der Waals surface area contributed by atoms with Gasteiger partial charge in [0.15, 0.2) is 0 Å². The van der Waals surface area contributed by atoms with Crippen LogP contribution in [0.4, 0.5) is 24.5 Å². The van der Waals surface area contributed by atoms with Gasteiger partial charge in [-0.15, -0.1) is 0 Å². The highest BCUT2D eigenvalue weighted by molar-refractivity contribution is 5.90. The number of anilines is 1. The minimum absolute atomic E-state index is 0.0125. The number of rotatable bonds is 31. The molecule has 1 rings (SSSR count). The van der Waals surface area contributed by atoms with Crippen molar-refractivity contribution in [1.29, 1.82) is 0 Å². The molecule has 316 valence electrons. The second kappa shape index (κ2) is 38.3. The molecule has 0 saturated carbocycles. The lowest BCUT2D eigenvalue weighted by Gasteiger charge is -2.04. The summed E-state index contributed by atoms with van der Waals surface area (Å²) in [5.74, 6) is -1.70. The smallest absolute Gasteiger partial charge is 0.326 e. The normalized spacial score (nSPS) is 12.4. The van der Waals surface area contributed by atoms with Crippen molar-refractivity contribution in [2.75, 3.05) is 5.32 Å². The number of nitro benzene ring substituents is 1. The molecule has 0 spiro atoms. The van der Waals surface area contributed by atoms with E-state index in [0.717, 1.165) is 51.4 Å². The van der Waals surface area contributed by atoms with E-state index in [4.69, 9.17) is 0 Å². The largest absolute Gasteiger partial charge is 0.449 e. The molecule has 0 aliphatic heterocycles. The summed E-state index contributed by atoms with van der Waals surface area (Å²) >= 11 is 0. The Labute approximate surface area is 341 Å². The topological polar surface area (TPSA) is 89.3 Å². The van der Waals surface area contributed by atoms with Crippen LogP contribution < -0.4 is 5.32 Å². The number of halogens is 3. The standard InChI is InChI=1S/C26H36N2O3.C22H33F3O/c1-2-3-4-5-6-7-8-9-10-11-12-13-14-15-16-17-18-19-26(29)27-24-20-22-25(23-21-24)28(30)31;1-2-3-4-5-6-7-8-9-10-11-12-13-14-15-16-17-18-19-20-21(26)22(23,24)25/h6-7,9-10,12-13,15-16,20-23H,2-5,8,11,14,17-19H2,1H3,(H,27,29);6-7,9-10,12-13,15-16H,2-5,8,11,14,17-20H2,1H3. The molecule has 0 atom stereocenters. The highest BCUT2D eigenvalue weighted by Crippen LogP contribution is 2.19. The first-order valence-corrected chi connectivity index (χ1v) is 21.0. The summed E-state index contributed by atoms with van der Waals surface area (Å²) in [5.41, 5.74) is 0.590. The molecule has 0 unspecified atom stereocenters. The zero-order chi connectivity index (χ0) is 42.1. The number of carbonyl (C=O) groups is 2. The highest BCUT2D eigenvalue weighted by Gasteiger charge is 2.36. The number of carbonyl (C=O) groups excluding carboxylic acids is 2. The minimum atomic E-state index is -4.68. The van der Waals surface area contributed by atoms with Gasteiger partial charge in [-0.2, -0.15) is 13.2 Å². The Morgan fingerprint density at radius 2 is 0.895 bits per heavy atom. The van der Waals surface area contributed by atoms with Gasteiger partial charge in [-0.25, -0.2) is 0 Å². The highest BCUT2D eigenvalue weighted by atomic mass is 19.4. The molecule has 0 aliphatic carbocycles. The molecule has 0 bridgehead atoms. The molecule has 6 nitrogen and oxygen atoms in total. The molecular weight excluding hydrogens is 726 g/mol. The van der Waals surface area contributed by atoms with Crippen molar-refractivity contribution in [2.45, 2.75) is 155 Å². The van der Waals surface area contributed by atoms with Gasteiger partial charge in [0.1, 0.15) is 0 Å². The zero-order valence-electron chi connectivity index (χ0n) is 34.6. The third-order valence-corrected chi connectivity index (χ3v) is 8.39. The number of nitrogens with zero attached hydrogens (tertiary/aromatic N) is 1. The lowest BCUT2D eigenvalue weighted by molar-refractivity contribution is -0.384. The fraction of sp³-hybridized carbons (Fsp3) is 0.500. The number of amides is 1. The van der Waals surface area contributed by atoms with Crippen LogP contribution >= 0.6 is 0 Å². The van der Waals surface area contributed by atoms with Gasteiger partial charge in [0.2, 0.25) is 11.7 Å². The van der Waals surface area contributed by atoms with Crippen LogP contribution in [0, 0.1) is 10.1 Å². The van der Waals surface area contributed by atoms with Gasteiger partial charge in [-0.1, -0.05) is 137 Å². The van der Waals surface area contributed by atoms with Crippen molar-refractivity contribution >= 4 is 23.1 Å². The van der Waals surface area contributed by atoms with Gasteiger partial charge in [0.25, 0.3) is 5.69 Å². The van der Waals surface area contributed by atoms with E-state index in [-0.39, 0.29) is 18.0 Å². The summed E-state index contributed by atoms with van der Waals surface area (Å²) in [6, 6.07) is 5.86. The van der Waals surface area contributed by atoms with Gasteiger partial charge < -0.3 is 5.32 Å². The number of hydrogen-bond donors (Lipinski definition) is 1. The molecule has 9 heteroatoms. The number of hydrogen-bond acceptors (Lipinski definition) is 4. The second-order valence-corrected chi connectivity index (χ2v) is 13.6. The monoisotopic (exact) mass is 795 g/mol. The Hall–Kier alpha value is -4.53. The van der Waals surface area contributed by atoms with Crippen molar-refractivity contribution in [2.24, 2.45) is 0 Å². The second-order valence-electron chi connectivity index (χ2n) is 13.6. The maximum absolute atomic E-state index is 12.0. The first-order valence-electron chi connectivity index (χ1n) is 21.0. The molecule has 0 aromatic heterocycles. The van der Waals surface area contributed by atoms with Crippen molar-refractivity contribution in [3.8, 4) is 0 Å². The summed E-state index contributed by atoms with van der Waals surface area (Å²) in [5, 5.41) is 13.4. The molecule has 0 radical (unpaired) electrons. The fourth-order valence-electron chi connectivity index (χ4n) is 5.08. The number of allylic oxidation sites excluding steroid dienone is 16. The minimum Gasteiger partial charge on any atom is -0.326 e. The van der Waals surface area contributed by atoms with Gasteiger partial charge in [-0.3, -0.25) is 19.7 Å². The quantitative estimate of drug-likeness (QED) is 0.0351. The zero-order valence-corrected chi connectivity index (χ0v) is 34.6. The molecule has 1 amide bonds. The predicted octanol–water partition coefficient (Wildman–Crippen LogP) is 15.3. The van der Waals surface area contributed by atoms with E-state index in [2.05, 4.69) is 104 Å². The number of unbranched alkanes of at least 4 members (excludes halogenated alkanes) is 9. The van der Waals surface area contributed by atoms with E-state index in [1.807, 2.05) is 12.2 Å². The van der Waals surface area contributed by atoms with Crippen molar-refractivity contribution in [3.05, 3.63) is 132 Å². The molecule has 0 fully saturated rings. The summed E-state index contributed by atoms with van der Waals surface area (Å²) in [6.45, 7) is 4.44. The van der Waals surface area contributed by atoms with Crippen LogP contribution in [0.25, 0.3) is 0 Å². The summed E-state index contributed by atoms with van der Waals surface area (Å²) in [7, 11) is 0. The predicted molar refractivity (Wildman–Crippen MR) is 234 cm³/mol. The van der Waals surface area contributed by atoms with Gasteiger partial charge in [0.05, 0.1) is 4.92 Å². The number of non-ortho nitro benzene ring substituents is 1. The van der Waals surface area contributed by atoms with E-state index in [9.17, 15) is 32.9 Å². The Bertz CT molecular complexity index is 1420. The Morgan fingerprint density at radius 3 is 1.25 bits per heavy atom. The maximum atomic E-state index is 12.0. The summed E-state index contributed by atoms with van der Waals surface area (Å²) in [4.78, 5) is 32.7. The average molecular weight is 795 g/mol. The van der Waals surface area contributed by atoms with Crippen molar-refractivity contribution in [3.63, 3.8) is 0 Å². The lowest BCUT2D eigenvalue weighted by atomic mass is 10.1. The number of ketones is 1. The number of alkyl halides is 3. The molecule has 0 aliphatic rings. The summed E-state index contributed by atoms with van der Waals surface area (Å²) < 4.78 is 36.0. The molecule has 0 heterocycles. The van der Waals surface area contributed by atoms with Crippen molar-refractivity contribution in [1.82, 2.24) is 0 Å². The molecule has 1 N–H and O–H groups in total. The number of Topliss-reactive ketones (excluding diaryl/α,β-unsaturated/α-hetero) is 1. The van der Waals surface area contributed by atoms with E-state index in [0.29, 0.717) is 24.9 Å². The number of nitrogens with one attached hydrogen (secondary N) is 1. The van der Waals surface area contributed by atoms with Crippen LogP contribution in [0.1, 0.15) is 149 Å². The van der Waals surface area contributed by atoms with Gasteiger partial charge >= 0.3 is 6.18 Å². The van der Waals surface area contributed by atoms with E-state index in [1.54, 1.807) is 12.1 Å². The van der Waals surface area contributed by atoms with Crippen molar-refractivity contribution < 1.29 is 27.7 Å². The third-order valence-electron chi connectivity index (χ3n) is 8.39. The molecular formula is C48H69F3N2O4. The maximum Gasteiger partial charge on any atom is 0.449 e. The van der Waals surface area contributed by atoms with Crippen LogP contribution in [0.5, 0.6) is 0 Å². The summed E-state index contributed by atoms with van der Waals surface area (Å²) in [6.07, 6.45) is 48.6. The SMILES string of the molecule is CCCCCC=CCC=CCC=CCC=CCCCC(=O)Nc1ccc([N+](=O)[O-])cc1.CCCCCC=CCC=CCC=CCC=CCCCCC(=O)C(F)(F)F. The van der Waals surface area contributed by atoms with E-state index in [1.165, 1.54) is 63.5 Å². The Kier molecular flexibility index (Phi) is 35.3. The van der Waals surface area contributed by atoms with E-state index < -0.39 is 23.3 Å². The van der Waals surface area contributed by atoms with Crippen LogP contribution in [-0.2, 0) is 9.59 Å². The number of benzene rings is 1. The Balaban J connectivity index is 0.00000112. The third kappa shape index (κ3) is 36.8. The first-order chi connectivity index (χ1) is 27.6. The fourth-order valence-corrected chi connectivity index (χ4v) is 5.08. The molecule has 1 aromatic carbocycles. The molecule has 0 saturated heterocycles. The van der Waals surface area contributed by atoms with Crippen LogP contribution in [0.2, 0.25) is 0 Å². The van der Waals surface area contributed by atoms with Crippen LogP contribution in [-0.4, -0.2) is 22.8 Å². The average Bonchev–Trinajstić information content (AvgIpc) is 3.18. The number of nitro groups is 1. The van der Waals surface area contributed by atoms with Crippen LogP contribution in [0.15, 0.2) is 121 Å².